The van der Waals surface area contributed by atoms with Crippen LogP contribution in [0.2, 0.25) is 0 Å². The summed E-state index contributed by atoms with van der Waals surface area (Å²) in [6.07, 6.45) is 0. The summed E-state index contributed by atoms with van der Waals surface area (Å²) in [6, 6.07) is 5.55. The second-order valence-corrected chi connectivity index (χ2v) is 6.01. The minimum Gasteiger partial charge on any atom is -0.352 e. The van der Waals surface area contributed by atoms with Gasteiger partial charge in [0.15, 0.2) is 0 Å². The van der Waals surface area contributed by atoms with Crippen LogP contribution >= 0.6 is 47.8 Å². The molecule has 0 fully saturated rings. The Morgan fingerprint density at radius 2 is 2.12 bits per heavy atom. The maximum atomic E-state index is 11.9. The van der Waals surface area contributed by atoms with Gasteiger partial charge in [-0.3, -0.25) is 4.79 Å². The maximum Gasteiger partial charge on any atom is 0.252 e. The highest BCUT2D eigenvalue weighted by Crippen LogP contribution is 2.21. The Morgan fingerprint density at radius 1 is 1.44 bits per heavy atom. The SMILES string of the molecule is CC(CBr)CNC(=O)c1cc(Br)ccc1Br. The van der Waals surface area contributed by atoms with E-state index in [2.05, 4.69) is 60.0 Å². The van der Waals surface area contributed by atoms with E-state index in [-0.39, 0.29) is 5.91 Å². The number of benzene rings is 1. The van der Waals surface area contributed by atoms with Crippen molar-refractivity contribution in [3.63, 3.8) is 0 Å². The number of rotatable bonds is 4. The third-order valence-corrected chi connectivity index (χ3v) is 4.34. The number of nitrogens with one attached hydrogen (secondary N) is 1. The van der Waals surface area contributed by atoms with Gasteiger partial charge in [-0.05, 0) is 40.0 Å². The van der Waals surface area contributed by atoms with Gasteiger partial charge in [0.2, 0.25) is 0 Å². The number of alkyl halides is 1. The zero-order chi connectivity index (χ0) is 12.1. The first kappa shape index (κ1) is 14.2. The molecule has 1 rings (SSSR count). The largest absolute Gasteiger partial charge is 0.352 e. The van der Waals surface area contributed by atoms with Crippen molar-refractivity contribution >= 4 is 53.7 Å². The Hall–Kier alpha value is 0.130. The first-order valence-electron chi connectivity index (χ1n) is 4.83. The number of halogens is 3. The molecule has 0 radical (unpaired) electrons. The summed E-state index contributed by atoms with van der Waals surface area (Å²) in [4.78, 5) is 11.9. The molecule has 1 atom stereocenters. The molecular weight excluding hydrogens is 402 g/mol. The van der Waals surface area contributed by atoms with Crippen molar-refractivity contribution in [3.05, 3.63) is 32.7 Å². The molecule has 5 heteroatoms. The van der Waals surface area contributed by atoms with Gasteiger partial charge in [-0.1, -0.05) is 38.8 Å². The van der Waals surface area contributed by atoms with E-state index in [9.17, 15) is 4.79 Å². The fourth-order valence-electron chi connectivity index (χ4n) is 1.09. The molecule has 0 saturated carbocycles. The number of amides is 1. The Kier molecular flexibility index (Phi) is 6.00. The number of hydrogen-bond donors (Lipinski definition) is 1. The number of carbonyl (C=O) groups is 1. The van der Waals surface area contributed by atoms with Crippen LogP contribution in [0.3, 0.4) is 0 Å². The molecule has 1 N–H and O–H groups in total. The van der Waals surface area contributed by atoms with Crippen molar-refractivity contribution in [1.82, 2.24) is 5.32 Å². The summed E-state index contributed by atoms with van der Waals surface area (Å²) >= 11 is 10.1. The Bertz CT molecular complexity index is 381. The summed E-state index contributed by atoms with van der Waals surface area (Å²) < 4.78 is 1.70. The number of hydrogen-bond acceptors (Lipinski definition) is 1. The first-order chi connectivity index (χ1) is 7.54. The van der Waals surface area contributed by atoms with E-state index in [0.29, 0.717) is 18.0 Å². The van der Waals surface area contributed by atoms with Crippen LogP contribution in [0, 0.1) is 5.92 Å². The van der Waals surface area contributed by atoms with E-state index in [4.69, 9.17) is 0 Å². The summed E-state index contributed by atoms with van der Waals surface area (Å²) in [5.74, 6) is 0.371. The fraction of sp³-hybridized carbons (Fsp3) is 0.364. The second-order valence-electron chi connectivity index (χ2n) is 3.59. The van der Waals surface area contributed by atoms with E-state index >= 15 is 0 Å². The predicted octanol–water partition coefficient (Wildman–Crippen LogP) is 3.97. The minimum atomic E-state index is -0.0547. The molecule has 0 heterocycles. The van der Waals surface area contributed by atoms with Crippen molar-refractivity contribution < 1.29 is 4.79 Å². The molecule has 88 valence electrons. The van der Waals surface area contributed by atoms with E-state index in [1.165, 1.54) is 0 Å². The zero-order valence-corrected chi connectivity index (χ0v) is 13.5. The lowest BCUT2D eigenvalue weighted by molar-refractivity contribution is 0.0948. The Labute approximate surface area is 121 Å². The van der Waals surface area contributed by atoms with Gasteiger partial charge in [0.05, 0.1) is 5.56 Å². The van der Waals surface area contributed by atoms with Gasteiger partial charge in [-0.25, -0.2) is 0 Å². The molecule has 0 aliphatic heterocycles. The van der Waals surface area contributed by atoms with Gasteiger partial charge >= 0.3 is 0 Å². The predicted molar refractivity (Wildman–Crippen MR) is 77.1 cm³/mol. The summed E-state index contributed by atoms with van der Waals surface area (Å²) in [7, 11) is 0. The lowest BCUT2D eigenvalue weighted by Crippen LogP contribution is -2.29. The standard InChI is InChI=1S/C11H12Br3NO/c1-7(5-12)6-15-11(16)9-4-8(13)2-3-10(9)14/h2-4,7H,5-6H2,1H3,(H,15,16). The van der Waals surface area contributed by atoms with Crippen LogP contribution in [0.15, 0.2) is 27.1 Å². The molecule has 1 amide bonds. The maximum absolute atomic E-state index is 11.9. The molecule has 0 aliphatic carbocycles. The van der Waals surface area contributed by atoms with Crippen molar-refractivity contribution in [2.45, 2.75) is 6.92 Å². The minimum absolute atomic E-state index is 0.0547. The van der Waals surface area contributed by atoms with Crippen LogP contribution in [0.1, 0.15) is 17.3 Å². The average Bonchev–Trinajstić information content (AvgIpc) is 2.28. The van der Waals surface area contributed by atoms with Crippen LogP contribution in [0.4, 0.5) is 0 Å². The van der Waals surface area contributed by atoms with Crippen molar-refractivity contribution in [3.8, 4) is 0 Å². The number of carbonyl (C=O) groups excluding carboxylic acids is 1. The molecule has 0 bridgehead atoms. The van der Waals surface area contributed by atoms with Gasteiger partial charge in [0.1, 0.15) is 0 Å². The molecule has 0 aliphatic rings. The van der Waals surface area contributed by atoms with Gasteiger partial charge in [0.25, 0.3) is 5.91 Å². The smallest absolute Gasteiger partial charge is 0.252 e. The Balaban J connectivity index is 2.69. The molecule has 0 aromatic heterocycles. The normalized spacial score (nSPS) is 12.2. The van der Waals surface area contributed by atoms with E-state index in [0.717, 1.165) is 14.3 Å². The van der Waals surface area contributed by atoms with Crippen molar-refractivity contribution in [1.29, 1.82) is 0 Å². The van der Waals surface area contributed by atoms with Crippen LogP contribution in [0.5, 0.6) is 0 Å². The van der Waals surface area contributed by atoms with Crippen LogP contribution in [-0.2, 0) is 0 Å². The monoisotopic (exact) mass is 411 g/mol. The van der Waals surface area contributed by atoms with Gasteiger partial charge in [-0.15, -0.1) is 0 Å². The van der Waals surface area contributed by atoms with Crippen molar-refractivity contribution in [2.24, 2.45) is 5.92 Å². The fourth-order valence-corrected chi connectivity index (χ4v) is 2.10. The highest BCUT2D eigenvalue weighted by molar-refractivity contribution is 9.11. The summed E-state index contributed by atoms with van der Waals surface area (Å²) in [5, 5.41) is 3.78. The molecule has 0 spiro atoms. The third-order valence-electron chi connectivity index (χ3n) is 2.05. The molecule has 1 aromatic carbocycles. The summed E-state index contributed by atoms with van der Waals surface area (Å²) in [5.41, 5.74) is 0.649. The highest BCUT2D eigenvalue weighted by Gasteiger charge is 2.11. The van der Waals surface area contributed by atoms with Crippen LogP contribution < -0.4 is 5.32 Å². The lowest BCUT2D eigenvalue weighted by Gasteiger charge is -2.10. The first-order valence-corrected chi connectivity index (χ1v) is 7.54. The van der Waals surface area contributed by atoms with Gasteiger partial charge < -0.3 is 5.32 Å². The van der Waals surface area contributed by atoms with Crippen molar-refractivity contribution in [2.75, 3.05) is 11.9 Å². The van der Waals surface area contributed by atoms with Gasteiger partial charge in [-0.2, -0.15) is 0 Å². The van der Waals surface area contributed by atoms with E-state index in [1.807, 2.05) is 12.1 Å². The van der Waals surface area contributed by atoms with E-state index in [1.54, 1.807) is 6.07 Å². The van der Waals surface area contributed by atoms with Crippen LogP contribution in [-0.4, -0.2) is 17.8 Å². The molecule has 16 heavy (non-hydrogen) atoms. The second kappa shape index (κ2) is 6.77. The molecule has 1 unspecified atom stereocenters. The topological polar surface area (TPSA) is 29.1 Å². The highest BCUT2D eigenvalue weighted by atomic mass is 79.9. The molecule has 2 nitrogen and oxygen atoms in total. The average molecular weight is 414 g/mol. The molecule has 0 saturated heterocycles. The quantitative estimate of drug-likeness (QED) is 0.743. The Morgan fingerprint density at radius 3 is 2.75 bits per heavy atom. The molecular formula is C11H12Br3NO. The zero-order valence-electron chi connectivity index (χ0n) is 8.77. The van der Waals surface area contributed by atoms with Crippen LogP contribution in [0.25, 0.3) is 0 Å². The van der Waals surface area contributed by atoms with Gasteiger partial charge in [0, 0.05) is 20.8 Å². The third kappa shape index (κ3) is 4.18. The lowest BCUT2D eigenvalue weighted by atomic mass is 10.2. The van der Waals surface area contributed by atoms with E-state index < -0.39 is 0 Å². The molecule has 1 aromatic rings. The summed E-state index contributed by atoms with van der Waals surface area (Å²) in [6.45, 7) is 2.74.